The third kappa shape index (κ3) is 2.10. The normalized spacial score (nSPS) is 22.8. The van der Waals surface area contributed by atoms with Crippen molar-refractivity contribution in [2.45, 2.75) is 31.9 Å². The Bertz CT molecular complexity index is 519. The molecule has 0 spiro atoms. The lowest BCUT2D eigenvalue weighted by atomic mass is 9.86. The van der Waals surface area contributed by atoms with Crippen molar-refractivity contribution < 1.29 is 10.2 Å². The van der Waals surface area contributed by atoms with E-state index < -0.39 is 11.6 Å². The maximum Gasteiger partial charge on any atom is 0.108 e. The van der Waals surface area contributed by atoms with Crippen LogP contribution < -0.4 is 4.90 Å². The first-order chi connectivity index (χ1) is 9.08. The highest BCUT2D eigenvalue weighted by atomic mass is 16.3. The van der Waals surface area contributed by atoms with Gasteiger partial charge in [-0.1, -0.05) is 24.8 Å². The summed E-state index contributed by atoms with van der Waals surface area (Å²) < 4.78 is 0. The summed E-state index contributed by atoms with van der Waals surface area (Å²) in [6.07, 6.45) is -0.0223. The molecular weight excluding hydrogens is 238 g/mol. The third-order valence-electron chi connectivity index (χ3n) is 4.08. The van der Waals surface area contributed by atoms with Crippen molar-refractivity contribution in [2.75, 3.05) is 18.1 Å². The first kappa shape index (κ1) is 13.9. The van der Waals surface area contributed by atoms with E-state index in [9.17, 15) is 10.2 Å². The lowest BCUT2D eigenvalue weighted by Crippen LogP contribution is -2.54. The summed E-state index contributed by atoms with van der Waals surface area (Å²) in [5, 5.41) is 19.9. The predicted molar refractivity (Wildman–Crippen MR) is 77.3 cm³/mol. The molecule has 2 atom stereocenters. The highest BCUT2D eigenvalue weighted by molar-refractivity contribution is 5.62. The van der Waals surface area contributed by atoms with Crippen LogP contribution >= 0.6 is 0 Å². The molecule has 1 aliphatic rings. The Hall–Kier alpha value is -1.54. The molecule has 2 unspecified atom stereocenters. The predicted octanol–water partition coefficient (Wildman–Crippen LogP) is 1.89. The Kier molecular flexibility index (Phi) is 3.81. The Morgan fingerprint density at radius 1 is 1.53 bits per heavy atom. The van der Waals surface area contributed by atoms with Crippen molar-refractivity contribution in [3.63, 3.8) is 0 Å². The Morgan fingerprint density at radius 3 is 2.79 bits per heavy atom. The van der Waals surface area contributed by atoms with E-state index in [2.05, 4.69) is 36.3 Å². The first-order valence-electron chi connectivity index (χ1n) is 6.61. The molecule has 0 bridgehead atoms. The SMILES string of the molecule is C=C=C(CO)C(O)C1(C)Cc2ccccc2N1CC. The van der Waals surface area contributed by atoms with E-state index in [1.165, 1.54) is 5.56 Å². The van der Waals surface area contributed by atoms with Gasteiger partial charge >= 0.3 is 0 Å². The lowest BCUT2D eigenvalue weighted by molar-refractivity contribution is 0.112. The molecule has 1 aromatic carbocycles. The maximum atomic E-state index is 10.6. The summed E-state index contributed by atoms with van der Waals surface area (Å²) >= 11 is 0. The third-order valence-corrected chi connectivity index (χ3v) is 4.08. The van der Waals surface area contributed by atoms with Crippen LogP contribution in [0.2, 0.25) is 0 Å². The lowest BCUT2D eigenvalue weighted by Gasteiger charge is -2.40. The average molecular weight is 259 g/mol. The molecule has 3 nitrogen and oxygen atoms in total. The number of nitrogens with zero attached hydrogens (tertiary/aromatic N) is 1. The number of hydrogen-bond acceptors (Lipinski definition) is 3. The van der Waals surface area contributed by atoms with Gasteiger partial charge in [0.2, 0.25) is 0 Å². The molecule has 3 heteroatoms. The number of aliphatic hydroxyl groups is 2. The van der Waals surface area contributed by atoms with E-state index in [4.69, 9.17) is 0 Å². The van der Waals surface area contributed by atoms with Crippen LogP contribution in [0.25, 0.3) is 0 Å². The second-order valence-electron chi connectivity index (χ2n) is 5.17. The molecule has 102 valence electrons. The van der Waals surface area contributed by atoms with Gasteiger partial charge in [0.1, 0.15) is 6.10 Å². The number of aliphatic hydroxyl groups excluding tert-OH is 2. The fourth-order valence-electron chi connectivity index (χ4n) is 3.07. The summed E-state index contributed by atoms with van der Waals surface area (Å²) in [7, 11) is 0. The van der Waals surface area contributed by atoms with Crippen molar-refractivity contribution >= 4 is 5.69 Å². The second kappa shape index (κ2) is 5.22. The summed E-state index contributed by atoms with van der Waals surface area (Å²) in [5.41, 5.74) is 5.05. The molecule has 0 saturated heterocycles. The van der Waals surface area contributed by atoms with E-state index in [0.717, 1.165) is 18.7 Å². The Balaban J connectivity index is 2.43. The first-order valence-corrected chi connectivity index (χ1v) is 6.61. The van der Waals surface area contributed by atoms with Crippen molar-refractivity contribution in [1.82, 2.24) is 0 Å². The molecule has 2 N–H and O–H groups in total. The molecular formula is C16H21NO2. The highest BCUT2D eigenvalue weighted by Crippen LogP contribution is 2.41. The number of para-hydroxylation sites is 1. The van der Waals surface area contributed by atoms with Crippen LogP contribution in [-0.2, 0) is 6.42 Å². The van der Waals surface area contributed by atoms with Gasteiger partial charge in [-0.15, -0.1) is 5.73 Å². The molecule has 19 heavy (non-hydrogen) atoms. The number of fused-ring (bicyclic) bond motifs is 1. The van der Waals surface area contributed by atoms with E-state index in [1.807, 2.05) is 19.1 Å². The van der Waals surface area contributed by atoms with E-state index in [-0.39, 0.29) is 6.61 Å². The van der Waals surface area contributed by atoms with Gasteiger partial charge in [0.15, 0.2) is 0 Å². The Labute approximate surface area is 114 Å². The van der Waals surface area contributed by atoms with Gasteiger partial charge < -0.3 is 15.1 Å². The van der Waals surface area contributed by atoms with Crippen LogP contribution in [0.15, 0.2) is 42.1 Å². The summed E-state index contributed by atoms with van der Waals surface area (Å²) in [5.74, 6) is 0. The topological polar surface area (TPSA) is 43.7 Å². The van der Waals surface area contributed by atoms with E-state index >= 15 is 0 Å². The Morgan fingerprint density at radius 2 is 2.21 bits per heavy atom. The van der Waals surface area contributed by atoms with Crippen molar-refractivity contribution in [1.29, 1.82) is 0 Å². The summed E-state index contributed by atoms with van der Waals surface area (Å²) in [6, 6.07) is 8.19. The van der Waals surface area contributed by atoms with Gasteiger partial charge in [-0.25, -0.2) is 0 Å². The standard InChI is InChI=1S/C16H21NO2/c1-4-12(11-18)15(19)16(3)10-13-8-6-7-9-14(13)17(16)5-2/h6-9,15,18-19H,1,5,10-11H2,2-3H3. The fourth-order valence-corrected chi connectivity index (χ4v) is 3.07. The maximum absolute atomic E-state index is 10.6. The van der Waals surface area contributed by atoms with E-state index in [1.54, 1.807) is 0 Å². The molecule has 0 aromatic heterocycles. The average Bonchev–Trinajstić information content (AvgIpc) is 2.72. The molecule has 0 radical (unpaired) electrons. The highest BCUT2D eigenvalue weighted by Gasteiger charge is 2.45. The second-order valence-corrected chi connectivity index (χ2v) is 5.17. The van der Waals surface area contributed by atoms with Gasteiger partial charge in [-0.2, -0.15) is 0 Å². The molecule has 0 fully saturated rings. The van der Waals surface area contributed by atoms with Gasteiger partial charge in [0, 0.05) is 24.2 Å². The molecule has 0 saturated carbocycles. The van der Waals surface area contributed by atoms with Crippen molar-refractivity contribution in [2.24, 2.45) is 0 Å². The number of hydrogen-bond donors (Lipinski definition) is 2. The monoisotopic (exact) mass is 259 g/mol. The minimum atomic E-state index is -0.776. The van der Waals surface area contributed by atoms with Crippen LogP contribution in [0.1, 0.15) is 19.4 Å². The van der Waals surface area contributed by atoms with Crippen LogP contribution in [-0.4, -0.2) is 35.0 Å². The zero-order valence-corrected chi connectivity index (χ0v) is 11.6. The molecule has 0 aliphatic carbocycles. The summed E-state index contributed by atoms with van der Waals surface area (Å²) in [4.78, 5) is 2.19. The number of anilines is 1. The molecule has 1 aromatic rings. The fraction of sp³-hybridized carbons (Fsp3) is 0.438. The molecule has 1 aliphatic heterocycles. The van der Waals surface area contributed by atoms with Gasteiger partial charge in [0.25, 0.3) is 0 Å². The van der Waals surface area contributed by atoms with Gasteiger partial charge in [-0.3, -0.25) is 0 Å². The zero-order valence-electron chi connectivity index (χ0n) is 11.6. The zero-order chi connectivity index (χ0) is 14.0. The molecule has 1 heterocycles. The van der Waals surface area contributed by atoms with Crippen LogP contribution in [0.3, 0.4) is 0 Å². The summed E-state index contributed by atoms with van der Waals surface area (Å²) in [6.45, 7) is 8.24. The smallest absolute Gasteiger partial charge is 0.108 e. The molecule has 2 rings (SSSR count). The van der Waals surface area contributed by atoms with Gasteiger partial charge in [-0.05, 0) is 25.5 Å². The quantitative estimate of drug-likeness (QED) is 0.812. The van der Waals surface area contributed by atoms with Crippen LogP contribution in [0, 0.1) is 0 Å². The number of benzene rings is 1. The minimum Gasteiger partial charge on any atom is -0.391 e. The van der Waals surface area contributed by atoms with Crippen LogP contribution in [0.5, 0.6) is 0 Å². The van der Waals surface area contributed by atoms with Crippen molar-refractivity contribution in [3.05, 3.63) is 47.7 Å². The largest absolute Gasteiger partial charge is 0.391 e. The van der Waals surface area contributed by atoms with Crippen molar-refractivity contribution in [3.8, 4) is 0 Å². The van der Waals surface area contributed by atoms with Gasteiger partial charge in [0.05, 0.1) is 12.1 Å². The minimum absolute atomic E-state index is 0.214. The number of likely N-dealkylation sites (N-methyl/N-ethyl adjacent to an activating group) is 1. The molecule has 0 amide bonds. The van der Waals surface area contributed by atoms with E-state index in [0.29, 0.717) is 5.57 Å². The number of rotatable bonds is 4. The van der Waals surface area contributed by atoms with Crippen LogP contribution in [0.4, 0.5) is 5.69 Å².